The molecule has 0 radical (unpaired) electrons. The highest BCUT2D eigenvalue weighted by molar-refractivity contribution is 5.92. The highest BCUT2D eigenvalue weighted by Gasteiger charge is 2.57. The predicted molar refractivity (Wildman–Crippen MR) is 117 cm³/mol. The van der Waals surface area contributed by atoms with Crippen molar-refractivity contribution in [3.8, 4) is 0 Å². The van der Waals surface area contributed by atoms with Gasteiger partial charge >= 0.3 is 11.9 Å². The average molecular weight is 435 g/mol. The number of allylic oxidation sites excluding steroid dienone is 2. The lowest BCUT2D eigenvalue weighted by Crippen LogP contribution is -2.57. The van der Waals surface area contributed by atoms with Gasteiger partial charge in [-0.1, -0.05) is 32.1 Å². The van der Waals surface area contributed by atoms with Gasteiger partial charge in [-0.05, 0) is 70.1 Å². The van der Waals surface area contributed by atoms with E-state index < -0.39 is 29.0 Å². The van der Waals surface area contributed by atoms with Gasteiger partial charge in [-0.25, -0.2) is 4.79 Å². The molecule has 31 heavy (non-hydrogen) atoms. The van der Waals surface area contributed by atoms with Crippen molar-refractivity contribution in [3.63, 3.8) is 0 Å². The molecule has 0 amide bonds. The predicted octanol–water partition coefficient (Wildman–Crippen LogP) is 3.56. The smallest absolute Gasteiger partial charge is 0.337 e. The number of ether oxygens (including phenoxy) is 2. The topological polar surface area (TPSA) is 93.1 Å². The summed E-state index contributed by atoms with van der Waals surface area (Å²) < 4.78 is 10.8. The van der Waals surface area contributed by atoms with E-state index in [2.05, 4.69) is 13.5 Å². The van der Waals surface area contributed by atoms with Gasteiger partial charge in [0.15, 0.2) is 6.10 Å². The van der Waals surface area contributed by atoms with Crippen molar-refractivity contribution >= 4 is 11.9 Å². The molecule has 1 heterocycles. The number of aliphatic hydroxyl groups excluding tert-OH is 2. The third-order valence-corrected chi connectivity index (χ3v) is 8.08. The fourth-order valence-corrected chi connectivity index (χ4v) is 5.95. The minimum atomic E-state index is -0.685. The van der Waals surface area contributed by atoms with Gasteiger partial charge in [0.2, 0.25) is 0 Å². The molecule has 3 aliphatic rings. The van der Waals surface area contributed by atoms with Crippen LogP contribution in [0.1, 0.15) is 66.7 Å². The summed E-state index contributed by atoms with van der Waals surface area (Å²) in [7, 11) is 0. The van der Waals surface area contributed by atoms with Crippen LogP contribution in [-0.4, -0.2) is 47.6 Å². The highest BCUT2D eigenvalue weighted by atomic mass is 16.6. The van der Waals surface area contributed by atoms with Crippen molar-refractivity contribution in [1.82, 2.24) is 0 Å². The Bertz CT molecular complexity index is 777. The quantitative estimate of drug-likeness (QED) is 0.399. The van der Waals surface area contributed by atoms with Crippen LogP contribution in [0.4, 0.5) is 0 Å². The van der Waals surface area contributed by atoms with Crippen molar-refractivity contribution in [1.29, 1.82) is 0 Å². The van der Waals surface area contributed by atoms with Crippen LogP contribution >= 0.6 is 0 Å². The number of cyclic esters (lactones) is 1. The number of hydrogen-bond donors (Lipinski definition) is 2. The largest absolute Gasteiger partial charge is 0.458 e. The Balaban J connectivity index is 1.84. The van der Waals surface area contributed by atoms with Crippen LogP contribution in [0.25, 0.3) is 0 Å². The number of carbonyl (C=O) groups excluding carboxylic acids is 2. The van der Waals surface area contributed by atoms with Crippen LogP contribution in [0.15, 0.2) is 23.8 Å². The van der Waals surface area contributed by atoms with E-state index in [9.17, 15) is 19.8 Å². The molecule has 3 unspecified atom stereocenters. The van der Waals surface area contributed by atoms with Crippen LogP contribution in [-0.2, 0) is 19.1 Å². The lowest BCUT2D eigenvalue weighted by Gasteiger charge is -2.59. The standard InChI is InChI=1S/C25H38O6/c1-15-7-10-19-24(5,12-11-20(27)25(19,6)14-26)17(15)9-8-16-18(13-30-21(16)28)31-22(29)23(2,3)4/h8,17-20,26-27H,1,7,9-14H2,2-6H3/b16-8+/t17?,18-,19?,20-,24?,25+/m1/s1. The zero-order valence-corrected chi connectivity index (χ0v) is 19.6. The maximum atomic E-state index is 12.4. The maximum absolute atomic E-state index is 12.4. The van der Waals surface area contributed by atoms with Crippen LogP contribution in [0.5, 0.6) is 0 Å². The first kappa shape index (κ1) is 24.0. The van der Waals surface area contributed by atoms with Crippen molar-refractivity contribution in [2.45, 2.75) is 78.9 Å². The molecule has 0 bridgehead atoms. The number of aliphatic hydroxyl groups is 2. The fourth-order valence-electron chi connectivity index (χ4n) is 5.95. The Morgan fingerprint density at radius 2 is 2.00 bits per heavy atom. The number of carbonyl (C=O) groups is 2. The molecule has 1 aliphatic heterocycles. The molecule has 6 heteroatoms. The second-order valence-electron chi connectivity index (χ2n) is 11.2. The van der Waals surface area contributed by atoms with E-state index in [1.807, 2.05) is 13.0 Å². The summed E-state index contributed by atoms with van der Waals surface area (Å²) >= 11 is 0. The van der Waals surface area contributed by atoms with Crippen molar-refractivity contribution in [3.05, 3.63) is 23.8 Å². The van der Waals surface area contributed by atoms with Crippen LogP contribution in [0.2, 0.25) is 0 Å². The Kier molecular flexibility index (Phi) is 6.47. The lowest BCUT2D eigenvalue weighted by atomic mass is 9.46. The van der Waals surface area contributed by atoms with Crippen LogP contribution in [0, 0.1) is 28.1 Å². The molecule has 2 aliphatic carbocycles. The zero-order chi connectivity index (χ0) is 23.2. The second kappa shape index (κ2) is 8.36. The van der Waals surface area contributed by atoms with Crippen LogP contribution < -0.4 is 0 Å². The summed E-state index contributed by atoms with van der Waals surface area (Å²) in [6, 6.07) is 0. The Morgan fingerprint density at radius 1 is 1.32 bits per heavy atom. The van der Waals surface area contributed by atoms with E-state index in [1.54, 1.807) is 20.8 Å². The third kappa shape index (κ3) is 4.21. The lowest BCUT2D eigenvalue weighted by molar-refractivity contribution is -0.157. The summed E-state index contributed by atoms with van der Waals surface area (Å²) in [5.41, 5.74) is 0.199. The SMILES string of the molecule is C=C1CCC2C(C)(CC[C@@H](O)[C@@]2(C)CO)C1C/C=C1/C(=O)OC[C@H]1OC(=O)C(C)(C)C. The third-order valence-electron chi connectivity index (χ3n) is 8.08. The average Bonchev–Trinajstić information content (AvgIpc) is 3.03. The zero-order valence-electron chi connectivity index (χ0n) is 19.6. The molecule has 2 N–H and O–H groups in total. The minimum Gasteiger partial charge on any atom is -0.458 e. The summed E-state index contributed by atoms with van der Waals surface area (Å²) in [6.07, 6.45) is 4.46. The first-order valence-electron chi connectivity index (χ1n) is 11.4. The van der Waals surface area contributed by atoms with E-state index in [4.69, 9.17) is 9.47 Å². The molecule has 3 rings (SSSR count). The summed E-state index contributed by atoms with van der Waals surface area (Å²) in [5, 5.41) is 20.8. The normalized spacial score (nSPS) is 39.9. The molecular weight excluding hydrogens is 396 g/mol. The molecule has 0 aromatic carbocycles. The second-order valence-corrected chi connectivity index (χ2v) is 11.2. The number of hydrogen-bond acceptors (Lipinski definition) is 6. The summed E-state index contributed by atoms with van der Waals surface area (Å²) in [4.78, 5) is 24.7. The number of esters is 2. The maximum Gasteiger partial charge on any atom is 0.337 e. The van der Waals surface area contributed by atoms with Crippen LogP contribution in [0.3, 0.4) is 0 Å². The van der Waals surface area contributed by atoms with E-state index in [0.29, 0.717) is 18.4 Å². The number of fused-ring (bicyclic) bond motifs is 1. The molecule has 0 aromatic heterocycles. The first-order chi connectivity index (χ1) is 14.3. The van der Waals surface area contributed by atoms with Gasteiger partial charge in [0.25, 0.3) is 0 Å². The monoisotopic (exact) mass is 434 g/mol. The van der Waals surface area contributed by atoms with Gasteiger partial charge < -0.3 is 19.7 Å². The van der Waals surface area contributed by atoms with Crippen molar-refractivity contribution < 1.29 is 29.3 Å². The van der Waals surface area contributed by atoms with E-state index in [-0.39, 0.29) is 36.4 Å². The Morgan fingerprint density at radius 3 is 2.61 bits per heavy atom. The van der Waals surface area contributed by atoms with E-state index >= 15 is 0 Å². The van der Waals surface area contributed by atoms with Gasteiger partial charge in [-0.3, -0.25) is 4.79 Å². The van der Waals surface area contributed by atoms with Gasteiger partial charge in [0.05, 0.1) is 23.7 Å². The molecular formula is C25H38O6. The van der Waals surface area contributed by atoms with E-state index in [1.165, 1.54) is 0 Å². The molecule has 174 valence electrons. The van der Waals surface area contributed by atoms with Crippen molar-refractivity contribution in [2.75, 3.05) is 13.2 Å². The summed E-state index contributed by atoms with van der Waals surface area (Å²) in [6.45, 7) is 13.9. The molecule has 1 saturated heterocycles. The van der Waals surface area contributed by atoms with E-state index in [0.717, 1.165) is 24.8 Å². The van der Waals surface area contributed by atoms with Gasteiger partial charge in [0, 0.05) is 5.41 Å². The molecule has 0 aromatic rings. The first-order valence-corrected chi connectivity index (χ1v) is 11.4. The van der Waals surface area contributed by atoms with Gasteiger partial charge in [-0.15, -0.1) is 0 Å². The molecule has 0 spiro atoms. The van der Waals surface area contributed by atoms with Crippen molar-refractivity contribution in [2.24, 2.45) is 28.1 Å². The van der Waals surface area contributed by atoms with Gasteiger partial charge in [-0.2, -0.15) is 0 Å². The Hall–Kier alpha value is -1.66. The molecule has 6 nitrogen and oxygen atoms in total. The summed E-state index contributed by atoms with van der Waals surface area (Å²) in [5.74, 6) is -0.526. The van der Waals surface area contributed by atoms with Gasteiger partial charge in [0.1, 0.15) is 6.61 Å². The molecule has 6 atom stereocenters. The fraction of sp³-hybridized carbons (Fsp3) is 0.760. The Labute approximate surface area is 185 Å². The highest BCUT2D eigenvalue weighted by Crippen LogP contribution is 2.61. The molecule has 3 fully saturated rings. The number of rotatable bonds is 4. The minimum absolute atomic E-state index is 0.0484. The molecule has 2 saturated carbocycles.